The van der Waals surface area contributed by atoms with Crippen molar-refractivity contribution in [2.45, 2.75) is 5.23 Å². The first kappa shape index (κ1) is 10.2. The fraction of sp³-hybridized carbons (Fsp3) is 1.00. The molecule has 0 heterocycles. The maximum absolute atomic E-state index is 9.75. The summed E-state index contributed by atoms with van der Waals surface area (Å²) in [5.74, 6) is 0. The molecule has 32 valence electrons. The third-order valence-corrected chi connectivity index (χ3v) is 0. The minimum absolute atomic E-state index is 0. The predicted molar refractivity (Wildman–Crippen MR) is 25.0 cm³/mol. The standard InChI is InChI=1S/CH3.Bi.O.Sb.Ti.5H/h1H3;;;;;;;;;. The van der Waals surface area contributed by atoms with Crippen LogP contribution in [0.25, 0.3) is 0 Å². The van der Waals surface area contributed by atoms with E-state index in [-0.39, 0.29) is 26.2 Å². The van der Waals surface area contributed by atoms with Gasteiger partial charge in [0.25, 0.3) is 0 Å². The molecule has 0 aliphatic heterocycles. The van der Waals surface area contributed by atoms with E-state index in [2.05, 4.69) is 0 Å². The second kappa shape index (κ2) is 6.22. The molecule has 4 heteroatoms. The van der Waals surface area contributed by atoms with Gasteiger partial charge in [-0.1, -0.05) is 0 Å². The molecule has 0 aromatic rings. The van der Waals surface area contributed by atoms with Crippen LogP contribution in [0.2, 0.25) is 5.23 Å². The number of rotatable bonds is 0. The molecule has 0 atom stereocenters. The van der Waals surface area contributed by atoms with Crippen LogP contribution < -0.4 is 0 Å². The quantitative estimate of drug-likeness (QED) is 0.435. The van der Waals surface area contributed by atoms with Gasteiger partial charge in [0.05, 0.1) is 0 Å². The van der Waals surface area contributed by atoms with Crippen molar-refractivity contribution in [2.75, 3.05) is 0 Å². The third kappa shape index (κ3) is 22.5. The summed E-state index contributed by atoms with van der Waals surface area (Å²) in [5, 5.41) is 1.84. The summed E-state index contributed by atoms with van der Waals surface area (Å²) in [6.07, 6.45) is 0. The normalized spacial score (nSPS) is 5.20. The van der Waals surface area contributed by atoms with Crippen molar-refractivity contribution in [1.82, 2.24) is 0 Å². The van der Waals surface area contributed by atoms with E-state index >= 15 is 0 Å². The Morgan fingerprint density at radius 3 is 1.80 bits per heavy atom. The van der Waals surface area contributed by atoms with Crippen LogP contribution in [-0.2, 0) is 17.3 Å². The number of hydrogen-bond acceptors (Lipinski definition) is 1. The Kier molecular flexibility index (Phi) is 12.7. The van der Waals surface area contributed by atoms with Crippen LogP contribution in [0.3, 0.4) is 0 Å². The van der Waals surface area contributed by atoms with Gasteiger partial charge in [0.2, 0.25) is 0 Å². The molecule has 1 nitrogen and oxygen atoms in total. The molecular weight excluding hydrogens is 407 g/mol. The van der Waals surface area contributed by atoms with E-state index in [1.807, 2.05) is 5.23 Å². The second-order valence-corrected chi connectivity index (χ2v) is 12.1. The molecule has 0 saturated heterocycles. The maximum atomic E-state index is 9.75. The molecule has 0 unspecified atom stereocenters. The molecule has 0 amide bonds. The zero-order valence-corrected chi connectivity index (χ0v) is 13.5. The second-order valence-electron chi connectivity index (χ2n) is 0.611. The van der Waals surface area contributed by atoms with E-state index < -0.39 is 14.0 Å². The van der Waals surface area contributed by atoms with Crippen molar-refractivity contribution < 1.29 is 17.3 Å². The summed E-state index contributed by atoms with van der Waals surface area (Å²) >= 11 is -0.441. The molecule has 0 aliphatic rings. The first-order valence-electron chi connectivity index (χ1n) is 0.993. The monoisotopic (exact) mass is 414 g/mol. The Balaban J connectivity index is 0. The predicted octanol–water partition coefficient (Wildman–Crippen LogP) is -1.64. The topological polar surface area (TPSA) is 17.1 Å². The van der Waals surface area contributed by atoms with Crippen LogP contribution in [0.5, 0.6) is 0 Å². The molecule has 5 heavy (non-hydrogen) atoms. The Morgan fingerprint density at radius 2 is 1.80 bits per heavy atom. The van der Waals surface area contributed by atoms with Gasteiger partial charge in [0.15, 0.2) is 0 Å². The molecule has 0 spiro atoms. The van der Waals surface area contributed by atoms with E-state index in [1.54, 1.807) is 0 Å². The summed E-state index contributed by atoms with van der Waals surface area (Å²) in [6, 6.07) is 0. The minimum atomic E-state index is -1.45. The Morgan fingerprint density at radius 1 is 1.80 bits per heavy atom. The van der Waals surface area contributed by atoms with Gasteiger partial charge in [0, 0.05) is 0 Å². The summed E-state index contributed by atoms with van der Waals surface area (Å²) in [5.41, 5.74) is 0. The fourth-order valence-electron chi connectivity index (χ4n) is 0. The molecule has 0 rings (SSSR count). The van der Waals surface area contributed by atoms with E-state index in [9.17, 15) is 3.32 Å². The average molecular weight is 415 g/mol. The zero-order valence-electron chi connectivity index (χ0n) is 3.19. The molecule has 0 N–H and O–H groups in total. The first-order valence-corrected chi connectivity index (χ1v) is 10.9. The van der Waals surface area contributed by atoms with Gasteiger partial charge in [-0.15, -0.1) is 0 Å². The first-order chi connectivity index (χ1) is 1.73. The van der Waals surface area contributed by atoms with Crippen molar-refractivity contribution in [1.29, 1.82) is 0 Å². The summed E-state index contributed by atoms with van der Waals surface area (Å²) in [7, 11) is 0. The Labute approximate surface area is 67.1 Å². The molecular formula is CH8BiOSbTi. The van der Waals surface area contributed by atoms with Gasteiger partial charge in [0.1, 0.15) is 0 Å². The SMILES string of the molecule is [BiH3].[CH3][Ti](=[O])[SbH2]. The van der Waals surface area contributed by atoms with Gasteiger partial charge in [-0.05, 0) is 0 Å². The van der Waals surface area contributed by atoms with Crippen molar-refractivity contribution in [3.8, 4) is 0 Å². The van der Waals surface area contributed by atoms with E-state index in [4.69, 9.17) is 0 Å². The Bertz CT molecular complexity index is 34.6. The molecule has 0 aromatic heterocycles. The van der Waals surface area contributed by atoms with E-state index in [0.29, 0.717) is 0 Å². The summed E-state index contributed by atoms with van der Waals surface area (Å²) < 4.78 is 9.75. The van der Waals surface area contributed by atoms with Crippen molar-refractivity contribution >= 4 is 45.8 Å². The summed E-state index contributed by atoms with van der Waals surface area (Å²) in [6.45, 7) is 0. The molecule has 0 fully saturated rings. The molecule has 0 saturated carbocycles. The zero-order chi connectivity index (χ0) is 3.58. The van der Waals surface area contributed by atoms with Crippen LogP contribution in [-0.4, -0.2) is 45.8 Å². The molecule has 0 aliphatic carbocycles. The molecule has 0 bridgehead atoms. The van der Waals surface area contributed by atoms with Gasteiger partial charge in [-0.25, -0.2) is 0 Å². The van der Waals surface area contributed by atoms with Gasteiger partial charge < -0.3 is 0 Å². The van der Waals surface area contributed by atoms with Gasteiger partial charge in [-0.2, -0.15) is 0 Å². The summed E-state index contributed by atoms with van der Waals surface area (Å²) in [4.78, 5) is 0. The van der Waals surface area contributed by atoms with E-state index in [1.165, 1.54) is 0 Å². The van der Waals surface area contributed by atoms with Crippen molar-refractivity contribution in [2.24, 2.45) is 0 Å². The van der Waals surface area contributed by atoms with Crippen LogP contribution in [0.1, 0.15) is 0 Å². The molecule has 0 aromatic carbocycles. The van der Waals surface area contributed by atoms with Crippen molar-refractivity contribution in [3.63, 3.8) is 0 Å². The number of hydrogen-bond donors (Lipinski definition) is 0. The average Bonchev–Trinajstić information content (AvgIpc) is 0.811. The Hall–Kier alpha value is 2.22. The third-order valence-electron chi connectivity index (χ3n) is 0. The van der Waals surface area contributed by atoms with Gasteiger partial charge >= 0.3 is 68.3 Å². The van der Waals surface area contributed by atoms with Crippen molar-refractivity contribution in [3.05, 3.63) is 0 Å². The van der Waals surface area contributed by atoms with E-state index in [0.717, 1.165) is 19.6 Å². The van der Waals surface area contributed by atoms with Crippen LogP contribution in [0.4, 0.5) is 0 Å². The molecule has 0 radical (unpaired) electrons. The fourth-order valence-corrected chi connectivity index (χ4v) is 0. The van der Waals surface area contributed by atoms with Crippen LogP contribution >= 0.6 is 0 Å². The van der Waals surface area contributed by atoms with Crippen LogP contribution in [0, 0.1) is 0 Å². The van der Waals surface area contributed by atoms with Gasteiger partial charge in [-0.3, -0.25) is 0 Å². The van der Waals surface area contributed by atoms with Crippen LogP contribution in [0.15, 0.2) is 0 Å².